The molecule has 0 aliphatic carbocycles. The Hall–Kier alpha value is -1.88. The highest BCUT2D eigenvalue weighted by molar-refractivity contribution is 6.00. The van der Waals surface area contributed by atoms with Crippen LogP contribution in [0.15, 0.2) is 24.5 Å². The summed E-state index contributed by atoms with van der Waals surface area (Å²) in [5.74, 6) is -0.956. The van der Waals surface area contributed by atoms with Crippen LogP contribution in [0.4, 0.5) is 0 Å². The number of hydrogen-bond donors (Lipinski definition) is 1. The largest absolute Gasteiger partial charge is 0.478 e. The average molecular weight is 220 g/mol. The van der Waals surface area contributed by atoms with Gasteiger partial charge in [-0.1, -0.05) is 6.07 Å². The topological polar surface area (TPSA) is 64.4 Å². The number of ether oxygens (including phenoxy) is 1. The molecule has 0 aliphatic rings. The van der Waals surface area contributed by atoms with Crippen LogP contribution in [0.3, 0.4) is 0 Å². The van der Waals surface area contributed by atoms with Crippen molar-refractivity contribution in [2.24, 2.45) is 0 Å². The summed E-state index contributed by atoms with van der Waals surface area (Å²) >= 11 is 0. The van der Waals surface area contributed by atoms with Crippen molar-refractivity contribution < 1.29 is 14.6 Å². The molecule has 5 heteroatoms. The van der Waals surface area contributed by atoms with Gasteiger partial charge in [-0.2, -0.15) is 0 Å². The number of aromatic nitrogens is 2. The second-order valence-corrected chi connectivity index (χ2v) is 3.41. The summed E-state index contributed by atoms with van der Waals surface area (Å²) in [6.45, 7) is 1.23. The number of aromatic carboxylic acids is 1. The van der Waals surface area contributed by atoms with Crippen molar-refractivity contribution in [2.75, 3.05) is 13.7 Å². The Morgan fingerprint density at radius 2 is 2.38 bits per heavy atom. The van der Waals surface area contributed by atoms with Crippen molar-refractivity contribution in [3.8, 4) is 0 Å². The molecule has 1 N–H and O–H groups in total. The summed E-state index contributed by atoms with van der Waals surface area (Å²) in [7, 11) is 1.63. The number of para-hydroxylation sites is 1. The number of methoxy groups -OCH3 is 1. The van der Waals surface area contributed by atoms with Crippen LogP contribution in [-0.2, 0) is 11.3 Å². The van der Waals surface area contributed by atoms with Crippen molar-refractivity contribution in [1.29, 1.82) is 0 Å². The lowest BCUT2D eigenvalue weighted by Crippen LogP contribution is -2.03. The van der Waals surface area contributed by atoms with E-state index < -0.39 is 5.97 Å². The van der Waals surface area contributed by atoms with Gasteiger partial charge in [0.2, 0.25) is 0 Å². The quantitative estimate of drug-likeness (QED) is 0.845. The van der Waals surface area contributed by atoms with Gasteiger partial charge in [-0.3, -0.25) is 0 Å². The number of rotatable bonds is 4. The van der Waals surface area contributed by atoms with Crippen molar-refractivity contribution in [3.05, 3.63) is 30.1 Å². The van der Waals surface area contributed by atoms with E-state index in [0.717, 1.165) is 5.52 Å². The lowest BCUT2D eigenvalue weighted by atomic mass is 10.2. The Bertz CT molecular complexity index is 519. The third kappa shape index (κ3) is 1.77. The Morgan fingerprint density at radius 1 is 1.56 bits per heavy atom. The summed E-state index contributed by atoms with van der Waals surface area (Å²) < 4.78 is 6.86. The third-order valence-corrected chi connectivity index (χ3v) is 2.42. The standard InChI is InChI=1S/C11H12N2O3/c1-16-6-5-13-7-12-10-8(11(14)15)3-2-4-9(10)13/h2-4,7H,5-6H2,1H3,(H,14,15). The summed E-state index contributed by atoms with van der Waals surface area (Å²) in [6.07, 6.45) is 1.64. The van der Waals surface area contributed by atoms with Crippen LogP contribution in [0.1, 0.15) is 10.4 Å². The normalized spacial score (nSPS) is 10.8. The number of benzene rings is 1. The molecule has 84 valence electrons. The molecule has 2 rings (SSSR count). The van der Waals surface area contributed by atoms with Gasteiger partial charge in [-0.05, 0) is 12.1 Å². The van der Waals surface area contributed by atoms with Crippen LogP contribution in [0, 0.1) is 0 Å². The number of carbonyl (C=O) groups is 1. The number of carboxylic acids is 1. The number of nitrogens with zero attached hydrogens (tertiary/aromatic N) is 2. The van der Waals surface area contributed by atoms with Crippen LogP contribution >= 0.6 is 0 Å². The Kier molecular flexibility index (Phi) is 2.87. The van der Waals surface area contributed by atoms with E-state index in [0.29, 0.717) is 18.7 Å². The molecule has 0 fully saturated rings. The highest BCUT2D eigenvalue weighted by atomic mass is 16.5. The van der Waals surface area contributed by atoms with Crippen molar-refractivity contribution >= 4 is 17.0 Å². The predicted molar refractivity (Wildman–Crippen MR) is 58.6 cm³/mol. The lowest BCUT2D eigenvalue weighted by molar-refractivity contribution is 0.0699. The Morgan fingerprint density at radius 3 is 3.06 bits per heavy atom. The van der Waals surface area contributed by atoms with Gasteiger partial charge >= 0.3 is 5.97 Å². The fraction of sp³-hybridized carbons (Fsp3) is 0.273. The maximum atomic E-state index is 11.0. The third-order valence-electron chi connectivity index (χ3n) is 2.42. The van der Waals surface area contributed by atoms with E-state index >= 15 is 0 Å². The molecule has 16 heavy (non-hydrogen) atoms. The van der Waals surface area contributed by atoms with Crippen LogP contribution in [0.5, 0.6) is 0 Å². The van der Waals surface area contributed by atoms with Crippen LogP contribution in [0.2, 0.25) is 0 Å². The number of hydrogen-bond acceptors (Lipinski definition) is 3. The molecule has 0 spiro atoms. The molecule has 1 heterocycles. The second kappa shape index (κ2) is 4.32. The first kappa shape index (κ1) is 10.6. The average Bonchev–Trinajstić information content (AvgIpc) is 2.69. The number of imidazole rings is 1. The molecular weight excluding hydrogens is 208 g/mol. The van der Waals surface area contributed by atoms with E-state index in [4.69, 9.17) is 9.84 Å². The lowest BCUT2D eigenvalue weighted by Gasteiger charge is -2.03. The molecule has 0 saturated carbocycles. The molecule has 0 saturated heterocycles. The first-order valence-corrected chi connectivity index (χ1v) is 4.90. The molecule has 5 nitrogen and oxygen atoms in total. The minimum absolute atomic E-state index is 0.230. The molecule has 2 aromatic rings. The Labute approximate surface area is 92.3 Å². The second-order valence-electron chi connectivity index (χ2n) is 3.41. The minimum atomic E-state index is -0.956. The maximum Gasteiger partial charge on any atom is 0.337 e. The van der Waals surface area contributed by atoms with Gasteiger partial charge < -0.3 is 14.4 Å². The maximum absolute atomic E-state index is 11.0. The monoisotopic (exact) mass is 220 g/mol. The zero-order valence-corrected chi connectivity index (χ0v) is 8.88. The van der Waals surface area contributed by atoms with Gasteiger partial charge in [-0.25, -0.2) is 9.78 Å². The highest BCUT2D eigenvalue weighted by Gasteiger charge is 2.11. The van der Waals surface area contributed by atoms with Gasteiger partial charge in [0.25, 0.3) is 0 Å². The molecule has 0 unspecified atom stereocenters. The summed E-state index contributed by atoms with van der Waals surface area (Å²) in [5.41, 5.74) is 1.57. The van der Waals surface area contributed by atoms with Crippen LogP contribution in [0.25, 0.3) is 11.0 Å². The molecular formula is C11H12N2O3. The first-order chi connectivity index (χ1) is 7.74. The van der Waals surface area contributed by atoms with E-state index in [1.807, 2.05) is 10.6 Å². The van der Waals surface area contributed by atoms with Crippen LogP contribution < -0.4 is 0 Å². The Balaban J connectivity index is 2.48. The number of carboxylic acid groups (broad SMARTS) is 1. The molecule has 0 bridgehead atoms. The zero-order chi connectivity index (χ0) is 11.5. The summed E-state index contributed by atoms with van der Waals surface area (Å²) in [6, 6.07) is 5.12. The summed E-state index contributed by atoms with van der Waals surface area (Å²) in [5, 5.41) is 8.99. The van der Waals surface area contributed by atoms with E-state index in [-0.39, 0.29) is 5.56 Å². The highest BCUT2D eigenvalue weighted by Crippen LogP contribution is 2.17. The van der Waals surface area contributed by atoms with Gasteiger partial charge in [0, 0.05) is 13.7 Å². The molecule has 0 radical (unpaired) electrons. The number of fused-ring (bicyclic) bond motifs is 1. The van der Waals surface area contributed by atoms with Crippen molar-refractivity contribution in [2.45, 2.75) is 6.54 Å². The molecule has 0 amide bonds. The smallest absolute Gasteiger partial charge is 0.337 e. The van der Waals surface area contributed by atoms with E-state index in [2.05, 4.69) is 4.98 Å². The van der Waals surface area contributed by atoms with Gasteiger partial charge in [0.1, 0.15) is 5.52 Å². The summed E-state index contributed by atoms with van der Waals surface area (Å²) in [4.78, 5) is 15.1. The van der Waals surface area contributed by atoms with E-state index in [9.17, 15) is 4.79 Å². The molecule has 0 aliphatic heterocycles. The van der Waals surface area contributed by atoms with Gasteiger partial charge in [0.15, 0.2) is 0 Å². The first-order valence-electron chi connectivity index (χ1n) is 4.90. The molecule has 1 aromatic heterocycles. The molecule has 1 aromatic carbocycles. The minimum Gasteiger partial charge on any atom is -0.478 e. The van der Waals surface area contributed by atoms with Crippen molar-refractivity contribution in [3.63, 3.8) is 0 Å². The van der Waals surface area contributed by atoms with E-state index in [1.54, 1.807) is 25.6 Å². The van der Waals surface area contributed by atoms with Crippen molar-refractivity contribution in [1.82, 2.24) is 9.55 Å². The zero-order valence-electron chi connectivity index (χ0n) is 8.88. The fourth-order valence-corrected chi connectivity index (χ4v) is 1.63. The van der Waals surface area contributed by atoms with Gasteiger partial charge in [-0.15, -0.1) is 0 Å². The van der Waals surface area contributed by atoms with Crippen LogP contribution in [-0.4, -0.2) is 34.3 Å². The SMILES string of the molecule is COCCn1cnc2c(C(=O)O)cccc21. The van der Waals surface area contributed by atoms with Gasteiger partial charge in [0.05, 0.1) is 24.0 Å². The fourth-order valence-electron chi connectivity index (χ4n) is 1.63. The molecule has 0 atom stereocenters. The van der Waals surface area contributed by atoms with E-state index in [1.165, 1.54) is 0 Å². The predicted octanol–water partition coefficient (Wildman–Crippen LogP) is 1.38.